The standard InChI is InChI=1S/C26H22N6O8S4/c33-15-7-3-1-5-13(15)21(37)29-27-17(35)9-11-31-23(39)19(43-25(31)41)20-24(40)32(26(42)44-20)12-10-18(36)28-30-22(38)14-6-2-4-8-16(14)34/h1-8,33-34H,9-12H2,(H,27,35)(H,28,36)(H,29,37)(H,30,38). The molecule has 0 spiro atoms. The molecule has 44 heavy (non-hydrogen) atoms. The van der Waals surface area contributed by atoms with E-state index in [1.54, 1.807) is 12.1 Å². The molecule has 0 radical (unpaired) electrons. The van der Waals surface area contributed by atoms with Crippen LogP contribution in [0.5, 0.6) is 11.5 Å². The minimum absolute atomic E-state index is 0.0301. The maximum absolute atomic E-state index is 13.1. The summed E-state index contributed by atoms with van der Waals surface area (Å²) >= 11 is 12.3. The normalized spacial score (nSPS) is 16.3. The van der Waals surface area contributed by atoms with Crippen molar-refractivity contribution in [3.05, 3.63) is 69.5 Å². The number of rotatable bonds is 8. The number of hydrogen-bond acceptors (Lipinski definition) is 12. The molecular formula is C26H22N6O8S4. The molecule has 228 valence electrons. The molecule has 0 aromatic heterocycles. The van der Waals surface area contributed by atoms with Crippen LogP contribution in [0.25, 0.3) is 0 Å². The minimum atomic E-state index is -0.737. The highest BCUT2D eigenvalue weighted by Crippen LogP contribution is 2.42. The van der Waals surface area contributed by atoms with E-state index in [4.69, 9.17) is 24.4 Å². The van der Waals surface area contributed by atoms with Crippen LogP contribution >= 0.6 is 48.0 Å². The Balaban J connectivity index is 1.27. The largest absolute Gasteiger partial charge is 0.507 e. The molecule has 2 aliphatic rings. The Kier molecular flexibility index (Phi) is 10.5. The second-order valence-corrected chi connectivity index (χ2v) is 12.1. The van der Waals surface area contributed by atoms with Crippen LogP contribution in [-0.4, -0.2) is 77.2 Å². The molecular weight excluding hydrogens is 653 g/mol. The third-order valence-corrected chi connectivity index (χ3v) is 8.98. The van der Waals surface area contributed by atoms with Gasteiger partial charge in [-0.2, -0.15) is 0 Å². The van der Waals surface area contributed by atoms with Crippen LogP contribution in [0.3, 0.4) is 0 Å². The van der Waals surface area contributed by atoms with Crippen molar-refractivity contribution in [1.29, 1.82) is 0 Å². The van der Waals surface area contributed by atoms with Crippen LogP contribution < -0.4 is 21.7 Å². The molecule has 2 heterocycles. The molecule has 2 aromatic carbocycles. The lowest BCUT2D eigenvalue weighted by atomic mass is 10.2. The second kappa shape index (κ2) is 14.3. The smallest absolute Gasteiger partial charge is 0.273 e. The van der Waals surface area contributed by atoms with Crippen LogP contribution in [0.15, 0.2) is 58.3 Å². The maximum Gasteiger partial charge on any atom is 0.273 e. The van der Waals surface area contributed by atoms with Crippen molar-refractivity contribution in [1.82, 2.24) is 31.5 Å². The van der Waals surface area contributed by atoms with Gasteiger partial charge in [0, 0.05) is 25.9 Å². The Morgan fingerprint density at radius 3 is 1.36 bits per heavy atom. The van der Waals surface area contributed by atoms with E-state index >= 15 is 0 Å². The van der Waals surface area contributed by atoms with Crippen molar-refractivity contribution in [2.75, 3.05) is 13.1 Å². The number of phenols is 2. The predicted molar refractivity (Wildman–Crippen MR) is 167 cm³/mol. The number of thiocarbonyl (C=S) groups is 2. The fourth-order valence-electron chi connectivity index (χ4n) is 3.73. The Labute approximate surface area is 268 Å². The minimum Gasteiger partial charge on any atom is -0.507 e. The summed E-state index contributed by atoms with van der Waals surface area (Å²) in [5.74, 6) is -4.47. The van der Waals surface area contributed by atoms with Gasteiger partial charge in [0.05, 0.1) is 20.9 Å². The van der Waals surface area contributed by atoms with Gasteiger partial charge in [0.1, 0.15) is 20.1 Å². The van der Waals surface area contributed by atoms with E-state index in [1.807, 2.05) is 0 Å². The van der Waals surface area contributed by atoms with E-state index in [0.717, 1.165) is 33.3 Å². The van der Waals surface area contributed by atoms with Crippen molar-refractivity contribution >= 4 is 92.0 Å². The predicted octanol–water partition coefficient (Wildman–Crippen LogP) is 1.03. The molecule has 0 atom stereocenters. The summed E-state index contributed by atoms with van der Waals surface area (Å²) in [5.41, 5.74) is 8.65. The van der Waals surface area contributed by atoms with Crippen LogP contribution in [-0.2, 0) is 19.2 Å². The third-order valence-electron chi connectivity index (χ3n) is 5.96. The number of nitrogens with one attached hydrogen (secondary N) is 4. The fraction of sp³-hybridized carbons (Fsp3) is 0.154. The number of nitrogens with zero attached hydrogens (tertiary/aromatic N) is 2. The molecule has 0 bridgehead atoms. The maximum atomic E-state index is 13.1. The highest BCUT2D eigenvalue weighted by Gasteiger charge is 2.42. The number of hydrazine groups is 2. The number of carbonyl (C=O) groups is 6. The van der Waals surface area contributed by atoms with Gasteiger partial charge in [0.2, 0.25) is 11.8 Å². The SMILES string of the molecule is O=C(CCN1C(=O)C(=C2SC(=S)N(CCC(=O)NNC(=O)c3ccccc3O)C2=O)SC1=S)NNC(=O)c1ccccc1O. The van der Waals surface area contributed by atoms with Crippen LogP contribution in [0, 0.1) is 0 Å². The number of carbonyl (C=O) groups excluding carboxylic acids is 6. The van der Waals surface area contributed by atoms with Gasteiger partial charge >= 0.3 is 0 Å². The average molecular weight is 675 g/mol. The van der Waals surface area contributed by atoms with E-state index < -0.39 is 35.4 Å². The first-order valence-electron chi connectivity index (χ1n) is 12.5. The Morgan fingerprint density at radius 2 is 1.00 bits per heavy atom. The third kappa shape index (κ3) is 7.51. The van der Waals surface area contributed by atoms with Crippen LogP contribution in [0.1, 0.15) is 33.6 Å². The van der Waals surface area contributed by atoms with Crippen molar-refractivity contribution in [3.63, 3.8) is 0 Å². The lowest BCUT2D eigenvalue weighted by Crippen LogP contribution is -2.43. The summed E-state index contributed by atoms with van der Waals surface area (Å²) in [5, 5.41) is 19.5. The molecule has 2 saturated heterocycles. The molecule has 0 aliphatic carbocycles. The second-order valence-electron chi connectivity index (χ2n) is 8.85. The Bertz CT molecular complexity index is 1510. The molecule has 0 saturated carbocycles. The number of aromatic hydroxyl groups is 2. The van der Waals surface area contributed by atoms with E-state index in [-0.39, 0.29) is 67.0 Å². The first kappa shape index (κ1) is 32.4. The number of phenolic OH excluding ortho intramolecular Hbond substituents is 2. The summed E-state index contributed by atoms with van der Waals surface area (Å²) in [6.45, 7) is -0.279. The Hall–Kier alpha value is -4.52. The molecule has 2 aliphatic heterocycles. The first-order chi connectivity index (χ1) is 21.0. The summed E-state index contributed by atoms with van der Waals surface area (Å²) in [6.07, 6.45) is -0.478. The molecule has 4 rings (SSSR count). The van der Waals surface area contributed by atoms with Crippen molar-refractivity contribution in [2.24, 2.45) is 0 Å². The number of para-hydroxylation sites is 2. The summed E-state index contributed by atoms with van der Waals surface area (Å²) < 4.78 is 0.224. The topological polar surface area (TPSA) is 197 Å². The molecule has 2 fully saturated rings. The first-order valence-corrected chi connectivity index (χ1v) is 15.0. The zero-order valence-electron chi connectivity index (χ0n) is 22.3. The van der Waals surface area contributed by atoms with Crippen molar-refractivity contribution in [2.45, 2.75) is 12.8 Å². The van der Waals surface area contributed by atoms with Gasteiger partial charge in [-0.25, -0.2) is 0 Å². The lowest BCUT2D eigenvalue weighted by molar-refractivity contribution is -0.126. The molecule has 2 aromatic rings. The number of amides is 6. The van der Waals surface area contributed by atoms with Gasteiger partial charge in [0.25, 0.3) is 23.6 Å². The molecule has 6 amide bonds. The zero-order chi connectivity index (χ0) is 32.0. The van der Waals surface area contributed by atoms with E-state index in [0.29, 0.717) is 0 Å². The van der Waals surface area contributed by atoms with Crippen LogP contribution in [0.4, 0.5) is 0 Å². The summed E-state index contributed by atoms with van der Waals surface area (Å²) in [4.78, 5) is 77.4. The fourth-order valence-corrected chi connectivity index (χ4v) is 6.50. The van der Waals surface area contributed by atoms with Gasteiger partial charge in [-0.3, -0.25) is 60.3 Å². The molecule has 6 N–H and O–H groups in total. The average Bonchev–Trinajstić information content (AvgIpc) is 3.44. The van der Waals surface area contributed by atoms with E-state index in [2.05, 4.69) is 21.7 Å². The zero-order valence-corrected chi connectivity index (χ0v) is 25.6. The molecule has 14 nitrogen and oxygen atoms in total. The van der Waals surface area contributed by atoms with Crippen LogP contribution in [0.2, 0.25) is 0 Å². The quantitative estimate of drug-likeness (QED) is 0.132. The van der Waals surface area contributed by atoms with Gasteiger partial charge in [-0.05, 0) is 24.3 Å². The van der Waals surface area contributed by atoms with Crippen molar-refractivity contribution in [3.8, 4) is 11.5 Å². The molecule has 18 heteroatoms. The van der Waals surface area contributed by atoms with E-state index in [1.165, 1.54) is 36.4 Å². The number of thioether (sulfide) groups is 2. The summed E-state index contributed by atoms with van der Waals surface area (Å²) in [6, 6.07) is 11.5. The van der Waals surface area contributed by atoms with E-state index in [9.17, 15) is 39.0 Å². The number of hydrogen-bond donors (Lipinski definition) is 6. The van der Waals surface area contributed by atoms with Gasteiger partial charge in [-0.1, -0.05) is 72.2 Å². The van der Waals surface area contributed by atoms with Crippen molar-refractivity contribution < 1.29 is 39.0 Å². The van der Waals surface area contributed by atoms with Gasteiger partial charge < -0.3 is 10.2 Å². The highest BCUT2D eigenvalue weighted by atomic mass is 32.2. The summed E-state index contributed by atoms with van der Waals surface area (Å²) in [7, 11) is 0. The molecule has 0 unspecified atom stereocenters. The Morgan fingerprint density at radius 1 is 0.636 bits per heavy atom. The lowest BCUT2D eigenvalue weighted by Gasteiger charge is -2.15. The van der Waals surface area contributed by atoms with Gasteiger partial charge in [-0.15, -0.1) is 0 Å². The van der Waals surface area contributed by atoms with Gasteiger partial charge in [0.15, 0.2) is 0 Å². The monoisotopic (exact) mass is 674 g/mol. The number of benzene rings is 2. The highest BCUT2D eigenvalue weighted by molar-refractivity contribution is 8.29.